The predicted molar refractivity (Wildman–Crippen MR) is 166 cm³/mol. The van der Waals surface area contributed by atoms with Crippen molar-refractivity contribution < 1.29 is 18.9 Å². The molecule has 2 aliphatic heterocycles. The van der Waals surface area contributed by atoms with E-state index in [1.807, 2.05) is 18.4 Å². The molecule has 0 bridgehead atoms. The van der Waals surface area contributed by atoms with Gasteiger partial charge in [-0.15, -0.1) is 0 Å². The van der Waals surface area contributed by atoms with Gasteiger partial charge in [0.1, 0.15) is 36.0 Å². The summed E-state index contributed by atoms with van der Waals surface area (Å²) >= 11 is 0. The van der Waals surface area contributed by atoms with Crippen LogP contribution in [0.1, 0.15) is 64.6 Å². The van der Waals surface area contributed by atoms with Gasteiger partial charge in [-0.2, -0.15) is 0 Å². The molecule has 0 spiro atoms. The number of likely N-dealkylation sites (N-methyl/N-ethyl adjacent to an activating group) is 1. The van der Waals surface area contributed by atoms with Crippen molar-refractivity contribution in [1.29, 1.82) is 0 Å². The van der Waals surface area contributed by atoms with Crippen molar-refractivity contribution >= 4 is 28.0 Å². The Bertz CT molecular complexity index is 1640. The summed E-state index contributed by atoms with van der Waals surface area (Å²) in [5.41, 5.74) is 10.6. The number of nitrogens with two attached hydrogens (primary N) is 1. The molecule has 4 atom stereocenters. The minimum atomic E-state index is -0.696. The lowest BCUT2D eigenvalue weighted by Gasteiger charge is -2.42. The average molecular weight is 605 g/mol. The van der Waals surface area contributed by atoms with E-state index in [9.17, 15) is 0 Å². The second kappa shape index (κ2) is 11.0. The molecular formula is C32H44N8O4. The summed E-state index contributed by atoms with van der Waals surface area (Å²) in [4.78, 5) is 23.8. The zero-order valence-electron chi connectivity index (χ0n) is 26.5. The van der Waals surface area contributed by atoms with Crippen molar-refractivity contribution in [3.05, 3.63) is 42.2 Å². The summed E-state index contributed by atoms with van der Waals surface area (Å²) < 4.78 is 26.7. The molecule has 0 radical (unpaired) electrons. The second-order valence-corrected chi connectivity index (χ2v) is 13.9. The number of imidazole rings is 2. The van der Waals surface area contributed by atoms with E-state index in [1.165, 1.54) is 24.7 Å². The lowest BCUT2D eigenvalue weighted by atomic mass is 9.76. The first kappa shape index (κ1) is 29.5. The molecule has 12 nitrogen and oxygen atoms in total. The summed E-state index contributed by atoms with van der Waals surface area (Å²) in [6, 6.07) is 7.02. The van der Waals surface area contributed by atoms with Crippen LogP contribution in [-0.2, 0) is 30.8 Å². The molecule has 236 valence electrons. The number of fused-ring (bicyclic) bond motifs is 3. The number of nitrogens with zero attached hydrogens (tertiary/aromatic N) is 6. The number of nitrogens with one attached hydrogen (secondary N) is 1. The van der Waals surface area contributed by atoms with E-state index in [0.29, 0.717) is 35.5 Å². The zero-order chi connectivity index (χ0) is 30.8. The SMILES string of the molecule is COCC(C)(C)c1ccc2nc(CCC3CC(N(C)CC4O[C@@H](n5cnc6c(N)ncnc65)[C@@H]5OC(C)(C)OC45)C3)[nH]c2c1. The fourth-order valence-electron chi connectivity index (χ4n) is 7.20. The first-order valence-corrected chi connectivity index (χ1v) is 15.6. The highest BCUT2D eigenvalue weighted by atomic mass is 16.8. The van der Waals surface area contributed by atoms with Crippen LogP contribution in [0.15, 0.2) is 30.9 Å². The number of rotatable bonds is 10. The summed E-state index contributed by atoms with van der Waals surface area (Å²) in [6.45, 7) is 9.75. The number of nitrogen functional groups attached to an aromatic ring is 1. The highest BCUT2D eigenvalue weighted by Gasteiger charge is 2.56. The number of anilines is 1. The van der Waals surface area contributed by atoms with Crippen molar-refractivity contribution in [1.82, 2.24) is 34.4 Å². The number of H-pyrrole nitrogens is 1. The Kier molecular flexibility index (Phi) is 7.40. The molecule has 7 rings (SSSR count). The minimum absolute atomic E-state index is 0.0446. The minimum Gasteiger partial charge on any atom is -0.384 e. The van der Waals surface area contributed by atoms with Crippen LogP contribution in [0.3, 0.4) is 0 Å². The number of benzene rings is 1. The van der Waals surface area contributed by atoms with Crippen LogP contribution in [-0.4, -0.2) is 91.8 Å². The molecule has 3 aromatic heterocycles. The van der Waals surface area contributed by atoms with Gasteiger partial charge in [-0.05, 0) is 63.8 Å². The number of hydrogen-bond donors (Lipinski definition) is 2. The number of aromatic amines is 1. The van der Waals surface area contributed by atoms with Crippen molar-refractivity contribution in [3.8, 4) is 0 Å². The molecule has 0 amide bonds. The van der Waals surface area contributed by atoms with E-state index in [4.69, 9.17) is 29.7 Å². The molecule has 44 heavy (non-hydrogen) atoms. The standard InChI is InChI=1S/C32H44N8O4/c1-31(2,15-41-6)19-8-9-21-22(13-19)38-24(37-21)10-7-18-11-20(12-18)39(5)14-23-26-27(44-32(3,4)43-26)30(42-23)40-17-36-25-28(33)34-16-35-29(25)40/h8-9,13,16-18,20,23,26-27,30H,7,10-12,14-15H2,1-6H3,(H,37,38)(H2,33,34,35)/t18?,20?,23?,26?,27-,30-/m1/s1. The number of hydrogen-bond acceptors (Lipinski definition) is 10. The average Bonchev–Trinajstić information content (AvgIpc) is 3.69. The van der Waals surface area contributed by atoms with Crippen LogP contribution in [0.4, 0.5) is 5.82 Å². The van der Waals surface area contributed by atoms with Crippen molar-refractivity contribution in [2.24, 2.45) is 5.92 Å². The fourth-order valence-corrected chi connectivity index (χ4v) is 7.20. The maximum atomic E-state index is 6.62. The van der Waals surface area contributed by atoms with E-state index >= 15 is 0 Å². The van der Waals surface area contributed by atoms with Gasteiger partial charge in [-0.25, -0.2) is 19.9 Å². The van der Waals surface area contributed by atoms with Gasteiger partial charge in [0.25, 0.3) is 0 Å². The van der Waals surface area contributed by atoms with Crippen molar-refractivity contribution in [2.45, 2.75) is 95.2 Å². The molecule has 2 unspecified atom stereocenters. The van der Waals surface area contributed by atoms with Gasteiger partial charge in [-0.1, -0.05) is 19.9 Å². The van der Waals surface area contributed by atoms with Crippen molar-refractivity contribution in [2.75, 3.05) is 33.0 Å². The van der Waals surface area contributed by atoms with E-state index in [2.05, 4.69) is 63.9 Å². The van der Waals surface area contributed by atoms with Crippen molar-refractivity contribution in [3.63, 3.8) is 0 Å². The molecule has 3 aliphatic rings. The smallest absolute Gasteiger partial charge is 0.167 e. The molecule has 1 aliphatic carbocycles. The second-order valence-electron chi connectivity index (χ2n) is 13.9. The Morgan fingerprint density at radius 1 is 1.16 bits per heavy atom. The Labute approximate surface area is 257 Å². The molecular weight excluding hydrogens is 560 g/mol. The number of aromatic nitrogens is 6. The Morgan fingerprint density at radius 2 is 1.95 bits per heavy atom. The largest absolute Gasteiger partial charge is 0.384 e. The van der Waals surface area contributed by atoms with Gasteiger partial charge in [0.15, 0.2) is 23.5 Å². The summed E-state index contributed by atoms with van der Waals surface area (Å²) in [7, 11) is 3.94. The summed E-state index contributed by atoms with van der Waals surface area (Å²) in [6.07, 6.45) is 6.53. The van der Waals surface area contributed by atoms with Crippen LogP contribution in [0, 0.1) is 5.92 Å². The van der Waals surface area contributed by atoms with Crippen LogP contribution >= 0.6 is 0 Å². The lowest BCUT2D eigenvalue weighted by Crippen LogP contribution is -2.48. The Morgan fingerprint density at radius 3 is 2.75 bits per heavy atom. The molecule has 4 aromatic rings. The number of methoxy groups -OCH3 is 1. The van der Waals surface area contributed by atoms with E-state index in [1.54, 1.807) is 13.4 Å². The Balaban J connectivity index is 0.954. The van der Waals surface area contributed by atoms with E-state index in [-0.39, 0.29) is 23.7 Å². The topological polar surface area (TPSA) is 138 Å². The highest BCUT2D eigenvalue weighted by Crippen LogP contribution is 2.45. The quantitative estimate of drug-likeness (QED) is 0.273. The Hall–Kier alpha value is -3.16. The predicted octanol–water partition coefficient (Wildman–Crippen LogP) is 3.97. The molecule has 3 fully saturated rings. The molecule has 5 heterocycles. The lowest BCUT2D eigenvalue weighted by molar-refractivity contribution is -0.198. The first-order valence-electron chi connectivity index (χ1n) is 15.6. The van der Waals surface area contributed by atoms with Crippen LogP contribution in [0.2, 0.25) is 0 Å². The van der Waals surface area contributed by atoms with Gasteiger partial charge < -0.3 is 34.6 Å². The van der Waals surface area contributed by atoms with Crippen LogP contribution < -0.4 is 5.73 Å². The van der Waals surface area contributed by atoms with E-state index in [0.717, 1.165) is 36.2 Å². The third kappa shape index (κ3) is 5.36. The maximum absolute atomic E-state index is 6.62. The number of ether oxygens (including phenoxy) is 4. The molecule has 12 heteroatoms. The third-order valence-corrected chi connectivity index (χ3v) is 9.70. The van der Waals surface area contributed by atoms with Gasteiger partial charge in [0.05, 0.1) is 24.0 Å². The normalized spacial score (nSPS) is 28.2. The first-order chi connectivity index (χ1) is 21.0. The molecule has 2 saturated heterocycles. The fraction of sp³-hybridized carbons (Fsp3) is 0.625. The van der Waals surface area contributed by atoms with Crippen LogP contribution in [0.25, 0.3) is 22.2 Å². The van der Waals surface area contributed by atoms with Crippen LogP contribution in [0.5, 0.6) is 0 Å². The van der Waals surface area contributed by atoms with Gasteiger partial charge in [-0.3, -0.25) is 4.57 Å². The maximum Gasteiger partial charge on any atom is 0.167 e. The molecule has 1 aromatic carbocycles. The monoisotopic (exact) mass is 604 g/mol. The van der Waals surface area contributed by atoms with Gasteiger partial charge in [0, 0.05) is 31.5 Å². The zero-order valence-corrected chi connectivity index (χ0v) is 26.5. The third-order valence-electron chi connectivity index (χ3n) is 9.70. The summed E-state index contributed by atoms with van der Waals surface area (Å²) in [5.74, 6) is 1.40. The molecule has 3 N–H and O–H groups in total. The highest BCUT2D eigenvalue weighted by molar-refractivity contribution is 5.81. The molecule has 1 saturated carbocycles. The van der Waals surface area contributed by atoms with Gasteiger partial charge in [0.2, 0.25) is 0 Å². The van der Waals surface area contributed by atoms with E-state index < -0.39 is 12.0 Å². The van der Waals surface area contributed by atoms with Gasteiger partial charge >= 0.3 is 0 Å². The number of aryl methyl sites for hydroxylation is 1. The summed E-state index contributed by atoms with van der Waals surface area (Å²) in [5, 5.41) is 0.